The molecule has 3 aromatic carbocycles. The van der Waals surface area contributed by atoms with E-state index >= 15 is 0 Å². The molecular weight excluding hydrogens is 558 g/mol. The maximum atomic E-state index is 14.8. The molecular formula is C35H35N3O4S. The van der Waals surface area contributed by atoms with Gasteiger partial charge in [0.2, 0.25) is 11.8 Å². The molecule has 0 radical (unpaired) electrons. The molecule has 3 aromatic rings. The van der Waals surface area contributed by atoms with Crippen molar-refractivity contribution in [2.75, 3.05) is 36.0 Å². The summed E-state index contributed by atoms with van der Waals surface area (Å²) in [7, 11) is 0. The number of amides is 3. The van der Waals surface area contributed by atoms with Crippen LogP contribution in [0, 0.1) is 11.8 Å². The zero-order valence-corrected chi connectivity index (χ0v) is 25.0. The molecule has 4 aliphatic rings. The Kier molecular flexibility index (Phi) is 6.94. The predicted molar refractivity (Wildman–Crippen MR) is 171 cm³/mol. The van der Waals surface area contributed by atoms with Crippen molar-refractivity contribution in [1.82, 2.24) is 4.90 Å². The summed E-state index contributed by atoms with van der Waals surface area (Å²) in [6.07, 6.45) is 9.28. The number of aliphatic hydroxyl groups is 1. The van der Waals surface area contributed by atoms with E-state index in [0.717, 1.165) is 22.1 Å². The van der Waals surface area contributed by atoms with Gasteiger partial charge >= 0.3 is 0 Å². The highest BCUT2D eigenvalue weighted by atomic mass is 32.2. The molecule has 1 N–H and O–H groups in total. The number of likely N-dealkylation sites (tertiary alicyclic amines) is 1. The SMILES string of the molecule is C[C@@]12C=CCN(c3ccccc3)C(=O)[C@@H]1[C@H]1C(=O)N(CCCCO)C3C(=O)N(c4ccc5ccccc5c4)CC=C[C@@]31S2. The van der Waals surface area contributed by atoms with Gasteiger partial charge in [0.25, 0.3) is 5.91 Å². The van der Waals surface area contributed by atoms with Crippen molar-refractivity contribution in [3.63, 3.8) is 0 Å². The minimum atomic E-state index is -0.905. The predicted octanol–water partition coefficient (Wildman–Crippen LogP) is 4.81. The van der Waals surface area contributed by atoms with E-state index in [2.05, 4.69) is 12.2 Å². The first-order valence-corrected chi connectivity index (χ1v) is 15.8. The molecule has 4 aliphatic heterocycles. The number of rotatable bonds is 6. The molecule has 1 unspecified atom stereocenters. The van der Waals surface area contributed by atoms with Crippen LogP contribution in [0.5, 0.6) is 0 Å². The molecule has 5 atom stereocenters. The van der Waals surface area contributed by atoms with Crippen LogP contribution in [0.15, 0.2) is 97.1 Å². The summed E-state index contributed by atoms with van der Waals surface area (Å²) in [6, 6.07) is 22.9. The van der Waals surface area contributed by atoms with E-state index in [4.69, 9.17) is 0 Å². The number of aliphatic hydroxyl groups excluding tert-OH is 1. The van der Waals surface area contributed by atoms with Crippen LogP contribution in [0.1, 0.15) is 19.8 Å². The van der Waals surface area contributed by atoms with Crippen LogP contribution in [0.4, 0.5) is 11.4 Å². The molecule has 0 aliphatic carbocycles. The summed E-state index contributed by atoms with van der Waals surface area (Å²) in [6.45, 7) is 3.22. The van der Waals surface area contributed by atoms with E-state index in [1.165, 1.54) is 0 Å². The van der Waals surface area contributed by atoms with Crippen LogP contribution < -0.4 is 9.80 Å². The van der Waals surface area contributed by atoms with Crippen LogP contribution in [0.2, 0.25) is 0 Å². The third kappa shape index (κ3) is 4.33. The molecule has 0 bridgehead atoms. The minimum absolute atomic E-state index is 0.0170. The summed E-state index contributed by atoms with van der Waals surface area (Å²) >= 11 is 1.60. The summed E-state index contributed by atoms with van der Waals surface area (Å²) in [5, 5.41) is 11.6. The average molecular weight is 594 g/mol. The lowest BCUT2D eigenvalue weighted by Crippen LogP contribution is -2.53. The molecule has 0 saturated carbocycles. The van der Waals surface area contributed by atoms with Gasteiger partial charge in [-0.2, -0.15) is 0 Å². The fraction of sp³-hybridized carbons (Fsp3) is 0.343. The van der Waals surface area contributed by atoms with Crippen LogP contribution in [-0.4, -0.2) is 69.5 Å². The van der Waals surface area contributed by atoms with Gasteiger partial charge in [-0.1, -0.05) is 72.8 Å². The van der Waals surface area contributed by atoms with Gasteiger partial charge in [0.15, 0.2) is 0 Å². The first-order valence-electron chi connectivity index (χ1n) is 15.0. The number of nitrogens with zero attached hydrogens (tertiary/aromatic N) is 3. The summed E-state index contributed by atoms with van der Waals surface area (Å²) < 4.78 is -1.57. The number of benzene rings is 3. The highest BCUT2D eigenvalue weighted by molar-refractivity contribution is 8.02. The van der Waals surface area contributed by atoms with E-state index in [0.29, 0.717) is 32.5 Å². The number of anilines is 2. The third-order valence-electron chi connectivity index (χ3n) is 9.48. The number of para-hydroxylation sites is 1. The molecule has 0 aromatic heterocycles. The van der Waals surface area contributed by atoms with Gasteiger partial charge in [-0.05, 0) is 54.8 Å². The second-order valence-corrected chi connectivity index (χ2v) is 13.8. The Morgan fingerprint density at radius 3 is 2.23 bits per heavy atom. The Labute approximate surface area is 255 Å². The third-order valence-corrected chi connectivity index (χ3v) is 11.3. The van der Waals surface area contributed by atoms with Gasteiger partial charge in [0, 0.05) is 42.4 Å². The van der Waals surface area contributed by atoms with Gasteiger partial charge in [-0.3, -0.25) is 14.4 Å². The van der Waals surface area contributed by atoms with Gasteiger partial charge in [0.1, 0.15) is 6.04 Å². The van der Waals surface area contributed by atoms with E-state index in [1.54, 1.807) is 26.5 Å². The standard InChI is InChI=1S/C35H35N3O4S/c1-34-17-9-20-36(26-13-3-2-4-14-26)31(40)28(34)29-32(41)38(19-7-8-22-39)30-33(42)37(21-10-18-35(29,30)43-34)27-16-15-24-11-5-6-12-25(24)23-27/h2-6,9-18,23,28-30,39H,7-8,19-22H2,1H3/t28-,29-,30?,34+,35-/m0/s1. The molecule has 43 heavy (non-hydrogen) atoms. The molecule has 8 heteroatoms. The van der Waals surface area contributed by atoms with E-state index in [9.17, 15) is 19.5 Å². The Balaban J connectivity index is 1.33. The van der Waals surface area contributed by atoms with Crippen LogP contribution in [0.3, 0.4) is 0 Å². The van der Waals surface area contributed by atoms with E-state index in [1.807, 2.05) is 91.9 Å². The van der Waals surface area contributed by atoms with Gasteiger partial charge < -0.3 is 19.8 Å². The molecule has 2 saturated heterocycles. The molecule has 7 rings (SSSR count). The fourth-order valence-electron chi connectivity index (χ4n) is 7.57. The summed E-state index contributed by atoms with van der Waals surface area (Å²) in [4.78, 5) is 49.1. The fourth-order valence-corrected chi connectivity index (χ4v) is 9.73. The largest absolute Gasteiger partial charge is 0.396 e. The molecule has 2 fully saturated rings. The topological polar surface area (TPSA) is 81.2 Å². The Morgan fingerprint density at radius 2 is 1.47 bits per heavy atom. The van der Waals surface area contributed by atoms with Crippen LogP contribution >= 0.6 is 11.8 Å². The van der Waals surface area contributed by atoms with Crippen molar-refractivity contribution in [2.24, 2.45) is 11.8 Å². The monoisotopic (exact) mass is 593 g/mol. The summed E-state index contributed by atoms with van der Waals surface area (Å²) in [5.41, 5.74) is 1.58. The van der Waals surface area contributed by atoms with Crippen molar-refractivity contribution >= 4 is 51.6 Å². The van der Waals surface area contributed by atoms with Crippen LogP contribution in [-0.2, 0) is 14.4 Å². The number of hydrogen-bond donors (Lipinski definition) is 1. The number of unbranched alkanes of at least 4 members (excludes halogenated alkanes) is 1. The number of thioether (sulfide) groups is 1. The average Bonchev–Trinajstić information content (AvgIpc) is 3.28. The van der Waals surface area contributed by atoms with Crippen molar-refractivity contribution in [3.05, 3.63) is 97.1 Å². The molecule has 1 spiro atoms. The van der Waals surface area contributed by atoms with E-state index in [-0.39, 0.29) is 24.3 Å². The highest BCUT2D eigenvalue weighted by Crippen LogP contribution is 2.65. The molecule has 7 nitrogen and oxygen atoms in total. The van der Waals surface area contributed by atoms with Gasteiger partial charge in [-0.25, -0.2) is 0 Å². The lowest BCUT2D eigenvalue weighted by Gasteiger charge is -2.37. The normalized spacial score (nSPS) is 30.0. The summed E-state index contributed by atoms with van der Waals surface area (Å²) in [5.74, 6) is -1.71. The lowest BCUT2D eigenvalue weighted by atomic mass is 9.74. The van der Waals surface area contributed by atoms with Crippen molar-refractivity contribution in [3.8, 4) is 0 Å². The highest BCUT2D eigenvalue weighted by Gasteiger charge is 2.73. The first-order chi connectivity index (χ1) is 20.9. The molecule has 3 amide bonds. The second-order valence-electron chi connectivity index (χ2n) is 12.0. The van der Waals surface area contributed by atoms with E-state index < -0.39 is 27.4 Å². The Morgan fingerprint density at radius 1 is 0.767 bits per heavy atom. The first kappa shape index (κ1) is 27.9. The smallest absolute Gasteiger partial charge is 0.251 e. The zero-order chi connectivity index (χ0) is 29.8. The quantitative estimate of drug-likeness (QED) is 0.328. The second kappa shape index (κ2) is 10.7. The lowest BCUT2D eigenvalue weighted by molar-refractivity contribution is -0.139. The zero-order valence-electron chi connectivity index (χ0n) is 24.1. The van der Waals surface area contributed by atoms with Crippen molar-refractivity contribution in [1.29, 1.82) is 0 Å². The number of hydrogen-bond acceptors (Lipinski definition) is 5. The molecule has 4 heterocycles. The maximum absolute atomic E-state index is 14.8. The Hall–Kier alpha value is -3.88. The van der Waals surface area contributed by atoms with Crippen molar-refractivity contribution in [2.45, 2.75) is 35.3 Å². The van der Waals surface area contributed by atoms with Crippen LogP contribution in [0.25, 0.3) is 10.8 Å². The Bertz CT molecular complexity index is 1660. The number of fused-ring (bicyclic) bond motifs is 3. The molecule has 220 valence electrons. The van der Waals surface area contributed by atoms with Crippen molar-refractivity contribution < 1.29 is 19.5 Å². The number of carbonyl (C=O) groups is 3. The number of carbonyl (C=O) groups excluding carboxylic acids is 3. The minimum Gasteiger partial charge on any atom is -0.396 e. The maximum Gasteiger partial charge on any atom is 0.251 e. The van der Waals surface area contributed by atoms with Gasteiger partial charge in [0.05, 0.1) is 16.6 Å². The van der Waals surface area contributed by atoms with Gasteiger partial charge in [-0.15, -0.1) is 11.8 Å².